The van der Waals surface area contributed by atoms with Gasteiger partial charge in [0, 0.05) is 25.4 Å². The molecule has 0 saturated carbocycles. The Hall–Kier alpha value is -1.33. The summed E-state index contributed by atoms with van der Waals surface area (Å²) in [6.07, 6.45) is 3.73. The Balaban J connectivity index is 2.18. The maximum Gasteiger partial charge on any atom is 0.287 e. The number of nitrogens with zero attached hydrogens (tertiary/aromatic N) is 4. The average Bonchev–Trinajstić information content (AvgIpc) is 2.71. The van der Waals surface area contributed by atoms with Crippen molar-refractivity contribution in [1.29, 1.82) is 0 Å². The second-order valence-electron chi connectivity index (χ2n) is 3.53. The molecule has 17 heavy (non-hydrogen) atoms. The molecular formula is C10H10Cl2N4O. The van der Waals surface area contributed by atoms with E-state index in [-0.39, 0.29) is 15.6 Å². The van der Waals surface area contributed by atoms with Gasteiger partial charge in [-0.05, 0) is 6.07 Å². The van der Waals surface area contributed by atoms with Crippen molar-refractivity contribution in [1.82, 2.24) is 19.6 Å². The van der Waals surface area contributed by atoms with Gasteiger partial charge in [0.15, 0.2) is 0 Å². The topological polar surface area (TPSA) is 52.7 Å². The summed E-state index contributed by atoms with van der Waals surface area (Å²) in [5, 5.41) is 8.15. The van der Waals surface area contributed by atoms with E-state index in [2.05, 4.69) is 10.2 Å². The molecule has 2 aromatic heterocycles. The molecule has 7 heteroatoms. The van der Waals surface area contributed by atoms with Gasteiger partial charge >= 0.3 is 0 Å². The Kier molecular flexibility index (Phi) is 3.49. The van der Waals surface area contributed by atoms with Crippen molar-refractivity contribution < 1.29 is 0 Å². The van der Waals surface area contributed by atoms with E-state index in [1.165, 1.54) is 10.9 Å². The van der Waals surface area contributed by atoms with Crippen LogP contribution in [0.5, 0.6) is 0 Å². The fraction of sp³-hybridized carbons (Fsp3) is 0.300. The molecule has 0 saturated heterocycles. The van der Waals surface area contributed by atoms with Crippen LogP contribution in [0.3, 0.4) is 0 Å². The van der Waals surface area contributed by atoms with Gasteiger partial charge in [-0.25, -0.2) is 4.68 Å². The van der Waals surface area contributed by atoms with Gasteiger partial charge in [-0.1, -0.05) is 23.2 Å². The van der Waals surface area contributed by atoms with Gasteiger partial charge in [0.05, 0.1) is 17.8 Å². The van der Waals surface area contributed by atoms with Crippen molar-refractivity contribution in [2.45, 2.75) is 13.0 Å². The molecule has 0 radical (unpaired) electrons. The van der Waals surface area contributed by atoms with Crippen molar-refractivity contribution in [2.24, 2.45) is 7.05 Å². The lowest BCUT2D eigenvalue weighted by Gasteiger charge is -2.05. The number of halogens is 2. The van der Waals surface area contributed by atoms with Crippen LogP contribution in [0.15, 0.2) is 23.3 Å². The Morgan fingerprint density at radius 3 is 2.76 bits per heavy atom. The quantitative estimate of drug-likeness (QED) is 0.852. The predicted octanol–water partition coefficient (Wildman–Crippen LogP) is 1.53. The van der Waals surface area contributed by atoms with Crippen LogP contribution >= 0.6 is 23.2 Å². The molecule has 0 aliphatic heterocycles. The molecule has 2 rings (SSSR count). The largest absolute Gasteiger partial charge is 0.287 e. The first kappa shape index (κ1) is 12.1. The summed E-state index contributed by atoms with van der Waals surface area (Å²) in [5.41, 5.74) is 0.645. The zero-order valence-electron chi connectivity index (χ0n) is 9.10. The van der Waals surface area contributed by atoms with E-state index in [4.69, 9.17) is 23.2 Å². The second kappa shape index (κ2) is 4.89. The average molecular weight is 273 g/mol. The number of hydrogen-bond donors (Lipinski definition) is 0. The number of rotatable bonds is 3. The third-order valence-corrected chi connectivity index (χ3v) is 3.19. The zero-order valence-corrected chi connectivity index (χ0v) is 10.6. The lowest BCUT2D eigenvalue weighted by atomic mass is 10.3. The van der Waals surface area contributed by atoms with Crippen LogP contribution < -0.4 is 5.56 Å². The molecule has 0 unspecified atom stereocenters. The summed E-state index contributed by atoms with van der Waals surface area (Å²) in [7, 11) is 1.85. The van der Waals surface area contributed by atoms with E-state index in [9.17, 15) is 4.79 Å². The highest BCUT2D eigenvalue weighted by molar-refractivity contribution is 6.41. The predicted molar refractivity (Wildman–Crippen MR) is 65.4 cm³/mol. The van der Waals surface area contributed by atoms with Crippen molar-refractivity contribution in [3.8, 4) is 0 Å². The van der Waals surface area contributed by atoms with Gasteiger partial charge in [0.2, 0.25) is 0 Å². The third-order valence-electron chi connectivity index (χ3n) is 2.44. The summed E-state index contributed by atoms with van der Waals surface area (Å²) >= 11 is 11.4. The maximum absolute atomic E-state index is 11.7. The molecular weight excluding hydrogens is 263 g/mol. The van der Waals surface area contributed by atoms with Crippen molar-refractivity contribution in [2.75, 3.05) is 0 Å². The van der Waals surface area contributed by atoms with E-state index in [1.54, 1.807) is 10.9 Å². The normalized spacial score (nSPS) is 10.8. The van der Waals surface area contributed by atoms with Gasteiger partial charge in [0.1, 0.15) is 5.02 Å². The van der Waals surface area contributed by atoms with Crippen LogP contribution in [0.1, 0.15) is 5.69 Å². The molecule has 0 aliphatic carbocycles. The van der Waals surface area contributed by atoms with E-state index in [1.807, 2.05) is 13.1 Å². The van der Waals surface area contributed by atoms with Crippen LogP contribution in [0, 0.1) is 0 Å². The first-order chi connectivity index (χ1) is 8.09. The Morgan fingerprint density at radius 1 is 1.35 bits per heavy atom. The lowest BCUT2D eigenvalue weighted by Crippen LogP contribution is -2.24. The van der Waals surface area contributed by atoms with Crippen molar-refractivity contribution >= 4 is 23.2 Å². The van der Waals surface area contributed by atoms with Crippen LogP contribution in [0.25, 0.3) is 0 Å². The molecule has 0 bridgehead atoms. The monoisotopic (exact) mass is 272 g/mol. The van der Waals surface area contributed by atoms with Crippen LogP contribution in [0.4, 0.5) is 0 Å². The summed E-state index contributed by atoms with van der Waals surface area (Å²) in [6, 6.07) is 1.89. The van der Waals surface area contributed by atoms with Gasteiger partial charge in [0.25, 0.3) is 5.56 Å². The molecule has 0 aromatic carbocycles. The third kappa shape index (κ3) is 2.50. The first-order valence-electron chi connectivity index (χ1n) is 4.97. The minimum Gasteiger partial charge on any atom is -0.273 e. The molecule has 0 atom stereocenters. The SMILES string of the molecule is Cn1nccc1CCn1ncc(Cl)c(Cl)c1=O. The van der Waals surface area contributed by atoms with E-state index < -0.39 is 0 Å². The van der Waals surface area contributed by atoms with Crippen LogP contribution in [0.2, 0.25) is 10.0 Å². The highest BCUT2D eigenvalue weighted by Crippen LogP contribution is 2.14. The maximum atomic E-state index is 11.7. The summed E-state index contributed by atoms with van der Waals surface area (Å²) < 4.78 is 3.05. The molecule has 0 N–H and O–H groups in total. The smallest absolute Gasteiger partial charge is 0.273 e. The fourth-order valence-electron chi connectivity index (χ4n) is 1.47. The summed E-state index contributed by atoms with van der Waals surface area (Å²) in [6.45, 7) is 0.440. The van der Waals surface area contributed by atoms with Gasteiger partial charge in [-0.2, -0.15) is 10.2 Å². The van der Waals surface area contributed by atoms with E-state index in [0.29, 0.717) is 13.0 Å². The number of aryl methyl sites for hydroxylation is 3. The molecule has 90 valence electrons. The summed E-state index contributed by atoms with van der Waals surface area (Å²) in [5.74, 6) is 0. The Morgan fingerprint density at radius 2 is 2.12 bits per heavy atom. The molecule has 0 aliphatic rings. The van der Waals surface area contributed by atoms with Crippen molar-refractivity contribution in [3.05, 3.63) is 44.6 Å². The lowest BCUT2D eigenvalue weighted by molar-refractivity contribution is 0.558. The Labute approximate surface area is 108 Å². The Bertz CT molecular complexity index is 590. The highest BCUT2D eigenvalue weighted by Gasteiger charge is 2.08. The fourth-order valence-corrected chi connectivity index (χ4v) is 1.74. The number of hydrogen-bond acceptors (Lipinski definition) is 3. The van der Waals surface area contributed by atoms with Crippen molar-refractivity contribution in [3.63, 3.8) is 0 Å². The first-order valence-corrected chi connectivity index (χ1v) is 5.73. The summed E-state index contributed by atoms with van der Waals surface area (Å²) in [4.78, 5) is 11.7. The molecule has 2 heterocycles. The molecule has 2 aromatic rings. The minimum atomic E-state index is -0.374. The van der Waals surface area contributed by atoms with Gasteiger partial charge < -0.3 is 0 Å². The van der Waals surface area contributed by atoms with Gasteiger partial charge in [-0.15, -0.1) is 0 Å². The number of aromatic nitrogens is 4. The standard InChI is InChI=1S/C10H10Cl2N4O/c1-15-7(2-4-13-15)3-5-16-10(17)9(12)8(11)6-14-16/h2,4,6H,3,5H2,1H3. The minimum absolute atomic E-state index is 0.00618. The van der Waals surface area contributed by atoms with Crippen LogP contribution in [-0.2, 0) is 20.0 Å². The van der Waals surface area contributed by atoms with Crippen LogP contribution in [-0.4, -0.2) is 19.6 Å². The molecule has 0 fully saturated rings. The highest BCUT2D eigenvalue weighted by atomic mass is 35.5. The van der Waals surface area contributed by atoms with E-state index in [0.717, 1.165) is 5.69 Å². The molecule has 5 nitrogen and oxygen atoms in total. The van der Waals surface area contributed by atoms with E-state index >= 15 is 0 Å². The second-order valence-corrected chi connectivity index (χ2v) is 4.32. The zero-order chi connectivity index (χ0) is 12.4. The molecule has 0 spiro atoms. The molecule has 0 amide bonds. The van der Waals surface area contributed by atoms with Gasteiger partial charge in [-0.3, -0.25) is 9.48 Å².